The molecule has 0 aromatic heterocycles. The molecule has 0 saturated heterocycles. The van der Waals surface area contributed by atoms with E-state index in [0.29, 0.717) is 6.04 Å². The molecule has 0 aliphatic heterocycles. The lowest BCUT2D eigenvalue weighted by molar-refractivity contribution is 0.502. The van der Waals surface area contributed by atoms with E-state index < -0.39 is 0 Å². The summed E-state index contributed by atoms with van der Waals surface area (Å²) >= 11 is 0. The Balaban J connectivity index is 1.88. The maximum absolute atomic E-state index is 3.71. The topological polar surface area (TPSA) is 12.0 Å². The third-order valence-corrected chi connectivity index (χ3v) is 4.12. The SMILES string of the molecule is CCCc1ccc(NC2CCCC(C)CC2)cc1. The fraction of sp³-hybridized carbons (Fsp3) is 0.647. The molecule has 1 aliphatic carbocycles. The minimum absolute atomic E-state index is 0.687. The van der Waals surface area contributed by atoms with Gasteiger partial charge in [-0.05, 0) is 49.3 Å². The van der Waals surface area contributed by atoms with E-state index in [-0.39, 0.29) is 0 Å². The summed E-state index contributed by atoms with van der Waals surface area (Å²) in [5.41, 5.74) is 2.76. The first kappa shape index (κ1) is 13.5. The summed E-state index contributed by atoms with van der Waals surface area (Å²) in [5.74, 6) is 0.920. The van der Waals surface area contributed by atoms with Gasteiger partial charge in [0.25, 0.3) is 0 Å². The maximum atomic E-state index is 3.71. The van der Waals surface area contributed by atoms with Crippen molar-refractivity contribution in [1.29, 1.82) is 0 Å². The first-order chi connectivity index (χ1) is 8.78. The third-order valence-electron chi connectivity index (χ3n) is 4.12. The van der Waals surface area contributed by atoms with Crippen LogP contribution in [0, 0.1) is 5.92 Å². The van der Waals surface area contributed by atoms with Crippen molar-refractivity contribution in [3.05, 3.63) is 29.8 Å². The normalized spacial score (nSPS) is 24.6. The zero-order valence-electron chi connectivity index (χ0n) is 11.9. The Labute approximate surface area is 112 Å². The van der Waals surface area contributed by atoms with Crippen molar-refractivity contribution in [3.8, 4) is 0 Å². The Morgan fingerprint density at radius 3 is 2.56 bits per heavy atom. The number of rotatable bonds is 4. The Morgan fingerprint density at radius 2 is 1.83 bits per heavy atom. The fourth-order valence-electron chi connectivity index (χ4n) is 2.92. The van der Waals surface area contributed by atoms with Crippen LogP contribution in [0.25, 0.3) is 0 Å². The minimum Gasteiger partial charge on any atom is -0.382 e. The molecule has 1 aliphatic rings. The summed E-state index contributed by atoms with van der Waals surface area (Å²) in [6.07, 6.45) is 9.26. The fourth-order valence-corrected chi connectivity index (χ4v) is 2.92. The van der Waals surface area contributed by atoms with Crippen LogP contribution >= 0.6 is 0 Å². The molecule has 1 aromatic carbocycles. The molecule has 2 rings (SSSR count). The standard InChI is InChI=1S/C17H27N/c1-3-5-15-9-12-17(13-10-15)18-16-7-4-6-14(2)8-11-16/h9-10,12-14,16,18H,3-8,11H2,1-2H3. The van der Waals surface area contributed by atoms with Crippen molar-refractivity contribution in [3.63, 3.8) is 0 Å². The van der Waals surface area contributed by atoms with Crippen molar-refractivity contribution < 1.29 is 0 Å². The van der Waals surface area contributed by atoms with Crippen molar-refractivity contribution >= 4 is 5.69 Å². The van der Waals surface area contributed by atoms with Crippen LogP contribution in [-0.2, 0) is 6.42 Å². The monoisotopic (exact) mass is 245 g/mol. The quantitative estimate of drug-likeness (QED) is 0.734. The van der Waals surface area contributed by atoms with Gasteiger partial charge in [-0.3, -0.25) is 0 Å². The van der Waals surface area contributed by atoms with Crippen LogP contribution in [0.3, 0.4) is 0 Å². The van der Waals surface area contributed by atoms with E-state index in [4.69, 9.17) is 0 Å². The van der Waals surface area contributed by atoms with Crippen molar-refractivity contribution in [2.45, 2.75) is 64.8 Å². The van der Waals surface area contributed by atoms with E-state index in [1.165, 1.54) is 56.2 Å². The highest BCUT2D eigenvalue weighted by molar-refractivity contribution is 5.45. The molecule has 0 radical (unpaired) electrons. The van der Waals surface area contributed by atoms with Crippen LogP contribution in [0.5, 0.6) is 0 Å². The summed E-state index contributed by atoms with van der Waals surface area (Å²) in [6.45, 7) is 4.63. The molecule has 2 atom stereocenters. The van der Waals surface area contributed by atoms with Gasteiger partial charge in [0.2, 0.25) is 0 Å². The summed E-state index contributed by atoms with van der Waals surface area (Å²) in [4.78, 5) is 0. The van der Waals surface area contributed by atoms with Gasteiger partial charge in [-0.1, -0.05) is 45.2 Å². The lowest BCUT2D eigenvalue weighted by atomic mass is 10.0. The van der Waals surface area contributed by atoms with Crippen molar-refractivity contribution in [1.82, 2.24) is 0 Å². The van der Waals surface area contributed by atoms with Crippen LogP contribution in [0.2, 0.25) is 0 Å². The van der Waals surface area contributed by atoms with Gasteiger partial charge in [-0.2, -0.15) is 0 Å². The number of benzene rings is 1. The number of nitrogens with one attached hydrogen (secondary N) is 1. The molecule has 1 heteroatoms. The second kappa shape index (κ2) is 6.82. The van der Waals surface area contributed by atoms with Gasteiger partial charge in [-0.25, -0.2) is 0 Å². The first-order valence-electron chi connectivity index (χ1n) is 7.63. The van der Waals surface area contributed by atoms with E-state index in [1.807, 2.05) is 0 Å². The van der Waals surface area contributed by atoms with Crippen molar-refractivity contribution in [2.24, 2.45) is 5.92 Å². The third kappa shape index (κ3) is 4.04. The van der Waals surface area contributed by atoms with Gasteiger partial charge in [0.05, 0.1) is 0 Å². The molecule has 0 heterocycles. The van der Waals surface area contributed by atoms with Gasteiger partial charge in [0, 0.05) is 11.7 Å². The molecule has 18 heavy (non-hydrogen) atoms. The highest BCUT2D eigenvalue weighted by atomic mass is 14.9. The number of aryl methyl sites for hydroxylation is 1. The average molecular weight is 245 g/mol. The predicted octanol–water partition coefficient (Wildman–Crippen LogP) is 5.02. The van der Waals surface area contributed by atoms with Crippen LogP contribution < -0.4 is 5.32 Å². The van der Waals surface area contributed by atoms with Crippen LogP contribution in [0.1, 0.15) is 57.9 Å². The van der Waals surface area contributed by atoms with Gasteiger partial charge in [0.15, 0.2) is 0 Å². The Hall–Kier alpha value is -0.980. The lowest BCUT2D eigenvalue weighted by Crippen LogP contribution is -2.18. The molecular weight excluding hydrogens is 218 g/mol. The second-order valence-electron chi connectivity index (χ2n) is 5.90. The van der Waals surface area contributed by atoms with E-state index in [2.05, 4.69) is 43.4 Å². The molecule has 1 fully saturated rings. The van der Waals surface area contributed by atoms with Gasteiger partial charge >= 0.3 is 0 Å². The highest BCUT2D eigenvalue weighted by Crippen LogP contribution is 2.25. The molecule has 2 unspecified atom stereocenters. The first-order valence-corrected chi connectivity index (χ1v) is 7.63. The zero-order chi connectivity index (χ0) is 12.8. The summed E-state index contributed by atoms with van der Waals surface area (Å²) in [7, 11) is 0. The highest BCUT2D eigenvalue weighted by Gasteiger charge is 2.15. The van der Waals surface area contributed by atoms with E-state index in [0.717, 1.165) is 5.92 Å². The molecule has 0 bridgehead atoms. The molecule has 1 nitrogen and oxygen atoms in total. The van der Waals surface area contributed by atoms with Crippen molar-refractivity contribution in [2.75, 3.05) is 5.32 Å². The van der Waals surface area contributed by atoms with E-state index in [9.17, 15) is 0 Å². The Bertz CT molecular complexity index is 341. The molecule has 0 spiro atoms. The predicted molar refractivity (Wildman–Crippen MR) is 80.1 cm³/mol. The minimum atomic E-state index is 0.687. The van der Waals surface area contributed by atoms with E-state index >= 15 is 0 Å². The molecule has 0 amide bonds. The lowest BCUT2D eigenvalue weighted by Gasteiger charge is -2.18. The zero-order valence-corrected chi connectivity index (χ0v) is 11.9. The molecule has 1 N–H and O–H groups in total. The molecule has 1 aromatic rings. The second-order valence-corrected chi connectivity index (χ2v) is 5.90. The van der Waals surface area contributed by atoms with Crippen LogP contribution in [0.15, 0.2) is 24.3 Å². The smallest absolute Gasteiger partial charge is 0.0342 e. The average Bonchev–Trinajstić information content (AvgIpc) is 2.57. The van der Waals surface area contributed by atoms with Gasteiger partial charge < -0.3 is 5.32 Å². The Morgan fingerprint density at radius 1 is 1.06 bits per heavy atom. The van der Waals surface area contributed by atoms with E-state index in [1.54, 1.807) is 0 Å². The number of anilines is 1. The number of hydrogen-bond donors (Lipinski definition) is 1. The largest absolute Gasteiger partial charge is 0.382 e. The van der Waals surface area contributed by atoms with Gasteiger partial charge in [-0.15, -0.1) is 0 Å². The molecular formula is C17H27N. The molecule has 1 saturated carbocycles. The molecule has 100 valence electrons. The van der Waals surface area contributed by atoms with Crippen LogP contribution in [0.4, 0.5) is 5.69 Å². The summed E-state index contributed by atoms with van der Waals surface area (Å²) in [5, 5.41) is 3.71. The summed E-state index contributed by atoms with van der Waals surface area (Å²) in [6, 6.07) is 9.72. The van der Waals surface area contributed by atoms with Crippen LogP contribution in [-0.4, -0.2) is 6.04 Å². The number of hydrogen-bond acceptors (Lipinski definition) is 1. The van der Waals surface area contributed by atoms with Gasteiger partial charge in [0.1, 0.15) is 0 Å². The summed E-state index contributed by atoms with van der Waals surface area (Å²) < 4.78 is 0. The maximum Gasteiger partial charge on any atom is 0.0342 e. The Kier molecular flexibility index (Phi) is 5.10.